The highest BCUT2D eigenvalue weighted by atomic mass is 32.2. The van der Waals surface area contributed by atoms with Crippen LogP contribution in [0.5, 0.6) is 0 Å². The average Bonchev–Trinajstić information content (AvgIpc) is 2.39. The van der Waals surface area contributed by atoms with E-state index in [0.29, 0.717) is 11.3 Å². The highest BCUT2D eigenvalue weighted by Crippen LogP contribution is 2.33. The molecule has 1 N–H and O–H groups in total. The van der Waals surface area contributed by atoms with Crippen molar-refractivity contribution in [3.8, 4) is 0 Å². The van der Waals surface area contributed by atoms with Gasteiger partial charge in [0.15, 0.2) is 0 Å². The number of hydrogen-bond acceptors (Lipinski definition) is 2. The van der Waals surface area contributed by atoms with E-state index in [2.05, 4.69) is 42.2 Å². The van der Waals surface area contributed by atoms with Gasteiger partial charge >= 0.3 is 0 Å². The van der Waals surface area contributed by atoms with Crippen molar-refractivity contribution in [1.29, 1.82) is 0 Å². The quantitative estimate of drug-likeness (QED) is 0.793. The molecule has 1 fully saturated rings. The van der Waals surface area contributed by atoms with Crippen molar-refractivity contribution in [1.82, 2.24) is 5.32 Å². The summed E-state index contributed by atoms with van der Waals surface area (Å²) in [5.41, 5.74) is 0. The molecule has 92 valence electrons. The van der Waals surface area contributed by atoms with Crippen LogP contribution in [0.15, 0.2) is 47.9 Å². The van der Waals surface area contributed by atoms with Gasteiger partial charge in [0.05, 0.1) is 0 Å². The molecule has 2 atom stereocenters. The Morgan fingerprint density at radius 3 is 2.76 bits per heavy atom. The Labute approximate surface area is 109 Å². The maximum Gasteiger partial charge on any atom is 0.0248 e. The maximum absolute atomic E-state index is 3.78. The van der Waals surface area contributed by atoms with Crippen LogP contribution in [0.2, 0.25) is 0 Å². The Balaban J connectivity index is 1.94. The normalized spacial score (nSPS) is 24.5. The van der Waals surface area contributed by atoms with Crippen LogP contribution in [0.25, 0.3) is 0 Å². The predicted molar refractivity (Wildman–Crippen MR) is 76.5 cm³/mol. The number of hydrogen-bond donors (Lipinski definition) is 1. The van der Waals surface area contributed by atoms with Crippen LogP contribution in [-0.4, -0.2) is 17.8 Å². The van der Waals surface area contributed by atoms with Crippen LogP contribution in [0.3, 0.4) is 0 Å². The third-order valence-corrected chi connectivity index (χ3v) is 4.67. The molecule has 0 saturated heterocycles. The molecule has 0 amide bonds. The Morgan fingerprint density at radius 1 is 1.24 bits per heavy atom. The third-order valence-electron chi connectivity index (χ3n) is 3.26. The first-order valence-corrected chi connectivity index (χ1v) is 7.34. The first kappa shape index (κ1) is 12.7. The van der Waals surface area contributed by atoms with E-state index in [0.717, 1.165) is 6.54 Å². The zero-order valence-corrected chi connectivity index (χ0v) is 11.1. The molecule has 0 aliphatic heterocycles. The maximum atomic E-state index is 3.78. The fourth-order valence-corrected chi connectivity index (χ4v) is 3.72. The molecule has 2 heteroatoms. The highest BCUT2D eigenvalue weighted by molar-refractivity contribution is 8.00. The van der Waals surface area contributed by atoms with Crippen LogP contribution >= 0.6 is 11.8 Å². The van der Waals surface area contributed by atoms with E-state index in [9.17, 15) is 0 Å². The molecule has 17 heavy (non-hydrogen) atoms. The van der Waals surface area contributed by atoms with Crippen molar-refractivity contribution in [2.24, 2.45) is 0 Å². The molecule has 1 aliphatic carbocycles. The monoisotopic (exact) mass is 247 g/mol. The summed E-state index contributed by atoms with van der Waals surface area (Å²) in [7, 11) is 0. The Morgan fingerprint density at radius 2 is 2.00 bits per heavy atom. The topological polar surface area (TPSA) is 12.0 Å². The van der Waals surface area contributed by atoms with Crippen LogP contribution in [0, 0.1) is 0 Å². The fraction of sp³-hybridized carbons (Fsp3) is 0.467. The van der Waals surface area contributed by atoms with Crippen molar-refractivity contribution < 1.29 is 0 Å². The molecule has 1 saturated carbocycles. The van der Waals surface area contributed by atoms with Gasteiger partial charge in [-0.2, -0.15) is 0 Å². The standard InChI is InChI=1S/C15H21NS/c1-2-12-16-14-10-6-7-11-15(14)17-13-8-4-3-5-9-13/h2-5,8-9,14-16H,1,6-7,10-12H2/t14-,15-/m1/s1. The van der Waals surface area contributed by atoms with Gasteiger partial charge < -0.3 is 5.32 Å². The summed E-state index contributed by atoms with van der Waals surface area (Å²) in [6.45, 7) is 4.71. The van der Waals surface area contributed by atoms with Gasteiger partial charge in [0.2, 0.25) is 0 Å². The number of nitrogens with one attached hydrogen (secondary N) is 1. The van der Waals surface area contributed by atoms with Gasteiger partial charge in [-0.3, -0.25) is 0 Å². The second kappa shape index (κ2) is 6.87. The smallest absolute Gasteiger partial charge is 0.0248 e. The van der Waals surface area contributed by atoms with Crippen LogP contribution in [-0.2, 0) is 0 Å². The molecule has 0 unspecified atom stereocenters. The summed E-state index contributed by atoms with van der Waals surface area (Å²) >= 11 is 2.03. The van der Waals surface area contributed by atoms with Crippen LogP contribution < -0.4 is 5.32 Å². The lowest BCUT2D eigenvalue weighted by Gasteiger charge is -2.31. The van der Waals surface area contributed by atoms with E-state index < -0.39 is 0 Å². The van der Waals surface area contributed by atoms with Gasteiger partial charge in [-0.25, -0.2) is 0 Å². The molecule has 0 bridgehead atoms. The summed E-state index contributed by atoms with van der Waals surface area (Å²) in [5.74, 6) is 0. The molecule has 1 nitrogen and oxygen atoms in total. The number of thioether (sulfide) groups is 1. The molecule has 1 aliphatic rings. The van der Waals surface area contributed by atoms with Gasteiger partial charge in [0.25, 0.3) is 0 Å². The zero-order chi connectivity index (χ0) is 11.9. The van der Waals surface area contributed by atoms with Crippen LogP contribution in [0.1, 0.15) is 25.7 Å². The summed E-state index contributed by atoms with van der Waals surface area (Å²) in [6, 6.07) is 11.4. The minimum Gasteiger partial charge on any atom is -0.309 e. The number of benzene rings is 1. The Hall–Kier alpha value is -0.730. The second-order valence-electron chi connectivity index (χ2n) is 4.56. The lowest BCUT2D eigenvalue weighted by atomic mass is 9.95. The van der Waals surface area contributed by atoms with Crippen molar-refractivity contribution >= 4 is 11.8 Å². The first-order valence-electron chi connectivity index (χ1n) is 6.46. The van der Waals surface area contributed by atoms with E-state index in [1.165, 1.54) is 30.6 Å². The van der Waals surface area contributed by atoms with Gasteiger partial charge in [-0.05, 0) is 25.0 Å². The SMILES string of the molecule is C=CCN[C@@H]1CCCC[C@H]1Sc1ccccc1. The van der Waals surface area contributed by atoms with E-state index in [4.69, 9.17) is 0 Å². The Kier molecular flexibility index (Phi) is 5.14. The number of rotatable bonds is 5. The lowest BCUT2D eigenvalue weighted by Crippen LogP contribution is -2.40. The summed E-state index contributed by atoms with van der Waals surface area (Å²) in [4.78, 5) is 1.39. The zero-order valence-electron chi connectivity index (χ0n) is 10.3. The van der Waals surface area contributed by atoms with Crippen LogP contribution in [0.4, 0.5) is 0 Å². The molecule has 0 aromatic heterocycles. The third kappa shape index (κ3) is 3.90. The van der Waals surface area contributed by atoms with Gasteiger partial charge in [-0.1, -0.05) is 37.1 Å². The van der Waals surface area contributed by atoms with Crippen molar-refractivity contribution in [3.05, 3.63) is 43.0 Å². The summed E-state index contributed by atoms with van der Waals surface area (Å²) in [6.07, 6.45) is 7.32. The van der Waals surface area contributed by atoms with Gasteiger partial charge in [0.1, 0.15) is 0 Å². The lowest BCUT2D eigenvalue weighted by molar-refractivity contribution is 0.396. The molecule has 0 spiro atoms. The minimum absolute atomic E-state index is 0.645. The fourth-order valence-electron chi connectivity index (χ4n) is 2.38. The summed E-state index contributed by atoms with van der Waals surface area (Å²) < 4.78 is 0. The van der Waals surface area contributed by atoms with Gasteiger partial charge in [-0.15, -0.1) is 18.3 Å². The molecule has 1 aromatic rings. The first-order chi connectivity index (χ1) is 8.40. The molecule has 1 aromatic carbocycles. The molecule has 0 heterocycles. The minimum atomic E-state index is 0.645. The Bertz CT molecular complexity index is 336. The summed E-state index contributed by atoms with van der Waals surface area (Å²) in [5, 5.41) is 4.32. The second-order valence-corrected chi connectivity index (χ2v) is 5.87. The molecule has 0 radical (unpaired) electrons. The van der Waals surface area contributed by atoms with E-state index in [-0.39, 0.29) is 0 Å². The van der Waals surface area contributed by atoms with Crippen molar-refractivity contribution in [3.63, 3.8) is 0 Å². The van der Waals surface area contributed by atoms with Gasteiger partial charge in [0, 0.05) is 22.7 Å². The highest BCUT2D eigenvalue weighted by Gasteiger charge is 2.24. The molecular formula is C15H21NS. The molecule has 2 rings (SSSR count). The molecular weight excluding hydrogens is 226 g/mol. The average molecular weight is 247 g/mol. The van der Waals surface area contributed by atoms with E-state index in [1.807, 2.05) is 17.8 Å². The van der Waals surface area contributed by atoms with Crippen molar-refractivity contribution in [2.45, 2.75) is 41.9 Å². The largest absolute Gasteiger partial charge is 0.309 e. The van der Waals surface area contributed by atoms with E-state index in [1.54, 1.807) is 0 Å². The van der Waals surface area contributed by atoms with Crippen molar-refractivity contribution in [2.75, 3.05) is 6.54 Å². The predicted octanol–water partition coefficient (Wildman–Crippen LogP) is 3.87. The van der Waals surface area contributed by atoms with E-state index >= 15 is 0 Å².